The van der Waals surface area contributed by atoms with Crippen molar-refractivity contribution < 1.29 is 69.4 Å². The Labute approximate surface area is 263 Å². The molecule has 0 spiro atoms. The fourth-order valence-corrected chi connectivity index (χ4v) is 3.30. The number of aryl methyl sites for hydroxylation is 1. The van der Waals surface area contributed by atoms with Crippen LogP contribution >= 0.6 is 0 Å². The molecule has 0 saturated carbocycles. The van der Waals surface area contributed by atoms with Gasteiger partial charge in [-0.25, -0.2) is 17.9 Å². The lowest BCUT2D eigenvalue weighted by Gasteiger charge is -2.09. The second kappa shape index (κ2) is 24.3. The third-order valence-corrected chi connectivity index (χ3v) is 5.56. The van der Waals surface area contributed by atoms with Crippen LogP contribution < -0.4 is 4.74 Å². The van der Waals surface area contributed by atoms with Gasteiger partial charge in [0.05, 0.1) is 124 Å². The molecule has 0 aliphatic heterocycles. The highest BCUT2D eigenvalue weighted by atomic mass is 19.2. The number of nitrogens with zero attached hydrogens (tertiary/aromatic N) is 3. The van der Waals surface area contributed by atoms with E-state index in [9.17, 15) is 26.7 Å². The van der Waals surface area contributed by atoms with Crippen LogP contribution in [0.5, 0.6) is 5.75 Å². The van der Waals surface area contributed by atoms with Gasteiger partial charge in [0, 0.05) is 6.20 Å². The Morgan fingerprint density at radius 2 is 0.913 bits per heavy atom. The minimum Gasteiger partial charge on any atom is -0.420 e. The van der Waals surface area contributed by atoms with Crippen molar-refractivity contribution in [2.75, 3.05) is 106 Å². The van der Waals surface area contributed by atoms with Crippen molar-refractivity contribution in [2.45, 2.75) is 19.9 Å². The molecule has 0 bridgehead atoms. The first-order chi connectivity index (χ1) is 22.3. The molecule has 0 fully saturated rings. The molecule has 18 heteroatoms. The minimum atomic E-state index is -2.35. The van der Waals surface area contributed by atoms with Gasteiger partial charge in [-0.3, -0.25) is 4.79 Å². The molecule has 0 atom stereocenters. The number of carbonyl (C=O) groups is 1. The molecule has 0 saturated heterocycles. The summed E-state index contributed by atoms with van der Waals surface area (Å²) in [5.74, 6) is -14.1. The maximum absolute atomic E-state index is 13.5. The van der Waals surface area contributed by atoms with E-state index in [1.54, 1.807) is 4.68 Å². The Kier molecular flexibility index (Phi) is 20.8. The number of carbonyl (C=O) groups excluding carboxylic acids is 1. The van der Waals surface area contributed by atoms with Crippen LogP contribution in [0.2, 0.25) is 0 Å². The molecule has 1 aromatic heterocycles. The smallest absolute Gasteiger partial charge is 0.313 e. The van der Waals surface area contributed by atoms with Gasteiger partial charge in [0.2, 0.25) is 34.8 Å². The van der Waals surface area contributed by atoms with Gasteiger partial charge in [-0.1, -0.05) is 5.21 Å². The van der Waals surface area contributed by atoms with E-state index in [-0.39, 0.29) is 26.4 Å². The summed E-state index contributed by atoms with van der Waals surface area (Å²) in [5, 5.41) is 7.84. The number of esters is 1. The second-order valence-corrected chi connectivity index (χ2v) is 9.15. The maximum atomic E-state index is 13.5. The van der Waals surface area contributed by atoms with E-state index in [0.29, 0.717) is 85.8 Å². The Balaban J connectivity index is 1.25. The van der Waals surface area contributed by atoms with Crippen molar-refractivity contribution in [1.29, 1.82) is 0 Å². The Bertz CT molecular complexity index is 1100. The first kappa shape index (κ1) is 39.3. The molecule has 1 heterocycles. The van der Waals surface area contributed by atoms with Crippen LogP contribution in [0, 0.1) is 36.0 Å². The van der Waals surface area contributed by atoms with Gasteiger partial charge in [-0.15, -0.1) is 5.10 Å². The first-order valence-electron chi connectivity index (χ1n) is 14.5. The largest absolute Gasteiger partial charge is 0.420 e. The molecule has 2 rings (SSSR count). The van der Waals surface area contributed by atoms with Gasteiger partial charge < -0.3 is 42.6 Å². The lowest BCUT2D eigenvalue weighted by atomic mass is 10.2. The molecule has 0 amide bonds. The van der Waals surface area contributed by atoms with Crippen LogP contribution in [0.25, 0.3) is 0 Å². The van der Waals surface area contributed by atoms with Gasteiger partial charge in [0.1, 0.15) is 0 Å². The van der Waals surface area contributed by atoms with Gasteiger partial charge in [0.25, 0.3) is 0 Å². The molecular weight excluding hydrogens is 633 g/mol. The van der Waals surface area contributed by atoms with Crippen LogP contribution in [0.1, 0.15) is 12.1 Å². The average molecular weight is 674 g/mol. The van der Waals surface area contributed by atoms with E-state index < -0.39 is 47.2 Å². The average Bonchev–Trinajstić information content (AvgIpc) is 3.47. The maximum Gasteiger partial charge on any atom is 0.313 e. The molecule has 2 aromatic rings. The molecule has 0 unspecified atom stereocenters. The summed E-state index contributed by atoms with van der Waals surface area (Å²) in [7, 11) is 0. The fraction of sp³-hybridized carbons (Fsp3) is 0.679. The summed E-state index contributed by atoms with van der Waals surface area (Å²) in [5.41, 5.74) is 0.870. The van der Waals surface area contributed by atoms with E-state index in [0.717, 1.165) is 5.69 Å². The van der Waals surface area contributed by atoms with E-state index in [2.05, 4.69) is 15.0 Å². The number of ether oxygens (including phenoxy) is 9. The summed E-state index contributed by atoms with van der Waals surface area (Å²) in [4.78, 5) is 11.6. The zero-order valence-electron chi connectivity index (χ0n) is 25.6. The van der Waals surface area contributed by atoms with E-state index >= 15 is 0 Å². The standard InChI is InChI=1S/C28H40F5N3O10/c1-21-20-36(35-34-21)3-5-39-7-9-41-11-13-43-15-17-45-19-18-44-16-14-42-12-10-40-8-6-38-4-2-22(37)46-28-26(32)24(30)23(29)25(31)27(28)33/h20H,2-19H2,1H3. The molecule has 13 nitrogen and oxygen atoms in total. The lowest BCUT2D eigenvalue weighted by molar-refractivity contribution is -0.136. The lowest BCUT2D eigenvalue weighted by Crippen LogP contribution is -2.16. The highest BCUT2D eigenvalue weighted by Crippen LogP contribution is 2.29. The van der Waals surface area contributed by atoms with Crippen molar-refractivity contribution in [1.82, 2.24) is 15.0 Å². The van der Waals surface area contributed by atoms with Gasteiger partial charge >= 0.3 is 5.97 Å². The highest BCUT2D eigenvalue weighted by Gasteiger charge is 2.28. The monoisotopic (exact) mass is 673 g/mol. The Morgan fingerprint density at radius 3 is 1.28 bits per heavy atom. The van der Waals surface area contributed by atoms with Gasteiger partial charge in [-0.2, -0.15) is 8.78 Å². The second-order valence-electron chi connectivity index (χ2n) is 9.15. The predicted molar refractivity (Wildman–Crippen MR) is 148 cm³/mol. The van der Waals surface area contributed by atoms with Crippen molar-refractivity contribution in [2.24, 2.45) is 0 Å². The number of halogens is 5. The van der Waals surface area contributed by atoms with Crippen LogP contribution in [-0.4, -0.2) is 127 Å². The van der Waals surface area contributed by atoms with Crippen molar-refractivity contribution in [3.05, 3.63) is 41.0 Å². The number of aromatic nitrogens is 3. The molecule has 1 aromatic carbocycles. The molecular formula is C28H40F5N3O10. The molecule has 0 N–H and O–H groups in total. The van der Waals surface area contributed by atoms with Gasteiger partial charge in [0.15, 0.2) is 0 Å². The Morgan fingerprint density at radius 1 is 0.565 bits per heavy atom. The van der Waals surface area contributed by atoms with E-state index in [1.165, 1.54) is 0 Å². The van der Waals surface area contributed by atoms with Gasteiger partial charge in [-0.05, 0) is 6.92 Å². The number of hydrogen-bond acceptors (Lipinski definition) is 12. The fourth-order valence-electron chi connectivity index (χ4n) is 3.30. The van der Waals surface area contributed by atoms with Crippen LogP contribution in [0.3, 0.4) is 0 Å². The molecule has 0 radical (unpaired) electrons. The zero-order valence-corrected chi connectivity index (χ0v) is 25.6. The number of benzene rings is 1. The summed E-state index contributed by atoms with van der Waals surface area (Å²) in [6, 6.07) is 0. The topological polar surface area (TPSA) is 131 Å². The predicted octanol–water partition coefficient (Wildman–Crippen LogP) is 2.41. The summed E-state index contributed by atoms with van der Waals surface area (Å²) < 4.78 is 115. The number of hydrogen-bond donors (Lipinski definition) is 0. The van der Waals surface area contributed by atoms with Crippen molar-refractivity contribution >= 4 is 5.97 Å². The summed E-state index contributed by atoms with van der Waals surface area (Å²) in [6.07, 6.45) is 1.37. The van der Waals surface area contributed by atoms with Crippen LogP contribution in [-0.2, 0) is 49.2 Å². The molecule has 0 aliphatic carbocycles. The zero-order chi connectivity index (χ0) is 33.4. The summed E-state index contributed by atoms with van der Waals surface area (Å²) in [6.45, 7) is 8.05. The normalized spacial score (nSPS) is 11.4. The van der Waals surface area contributed by atoms with Crippen LogP contribution in [0.15, 0.2) is 6.20 Å². The van der Waals surface area contributed by atoms with Crippen molar-refractivity contribution in [3.8, 4) is 5.75 Å². The van der Waals surface area contributed by atoms with E-state index in [4.69, 9.17) is 37.9 Å². The quantitative estimate of drug-likeness (QED) is 0.0328. The highest BCUT2D eigenvalue weighted by molar-refractivity contribution is 5.72. The SMILES string of the molecule is Cc1cn(CCOCCOCCOCCOCCOCCOCCOCCOCCC(=O)Oc2c(F)c(F)c(F)c(F)c2F)nn1. The molecule has 0 aliphatic rings. The van der Waals surface area contributed by atoms with Crippen LogP contribution in [0.4, 0.5) is 22.0 Å². The summed E-state index contributed by atoms with van der Waals surface area (Å²) >= 11 is 0. The molecule has 46 heavy (non-hydrogen) atoms. The van der Waals surface area contributed by atoms with Crippen molar-refractivity contribution in [3.63, 3.8) is 0 Å². The van der Waals surface area contributed by atoms with E-state index in [1.807, 2.05) is 13.1 Å². The first-order valence-corrected chi connectivity index (χ1v) is 14.5. The Hall–Kier alpha value is -2.84. The third kappa shape index (κ3) is 16.6. The third-order valence-electron chi connectivity index (χ3n) is 5.56. The molecule has 262 valence electrons. The number of rotatable bonds is 28. The minimum absolute atomic E-state index is 0.0832.